The van der Waals surface area contributed by atoms with Crippen LogP contribution in [0.25, 0.3) is 0 Å². The van der Waals surface area contributed by atoms with Crippen LogP contribution in [0, 0.1) is 47.3 Å². The van der Waals surface area contributed by atoms with Gasteiger partial charge in [-0.15, -0.1) is 0 Å². The summed E-state index contributed by atoms with van der Waals surface area (Å²) < 4.78 is 0. The second-order valence-corrected chi connectivity index (χ2v) is 8.16. The summed E-state index contributed by atoms with van der Waals surface area (Å²) in [5, 5.41) is 0. The van der Waals surface area contributed by atoms with Crippen LogP contribution in [0.3, 0.4) is 0 Å². The zero-order chi connectivity index (χ0) is 14.2. The zero-order valence-corrected chi connectivity index (χ0v) is 14.2. The highest BCUT2D eigenvalue weighted by molar-refractivity contribution is 4.96. The lowest BCUT2D eigenvalue weighted by atomic mass is 9.52. The van der Waals surface area contributed by atoms with Crippen molar-refractivity contribution in [2.75, 3.05) is 0 Å². The summed E-state index contributed by atoms with van der Waals surface area (Å²) >= 11 is 0. The predicted octanol–water partition coefficient (Wildman–Crippen LogP) is 6.01. The van der Waals surface area contributed by atoms with Gasteiger partial charge in [0.1, 0.15) is 0 Å². The summed E-state index contributed by atoms with van der Waals surface area (Å²) in [6, 6.07) is 0. The Balaban J connectivity index is 2.17. The molecule has 0 spiro atoms. The van der Waals surface area contributed by atoms with E-state index in [1.165, 1.54) is 32.1 Å². The average molecular weight is 264 g/mol. The highest BCUT2D eigenvalue weighted by Gasteiger charge is 2.47. The first-order valence-electron chi connectivity index (χ1n) is 8.97. The summed E-state index contributed by atoms with van der Waals surface area (Å²) in [5.74, 6) is 7.83. The molecule has 0 aromatic heterocycles. The quantitative estimate of drug-likeness (QED) is 0.585. The molecule has 0 saturated heterocycles. The minimum Gasteiger partial charge on any atom is -0.0654 e. The first-order valence-corrected chi connectivity index (χ1v) is 8.97. The first kappa shape index (κ1) is 15.4. The molecule has 2 rings (SSSR count). The van der Waals surface area contributed by atoms with Crippen molar-refractivity contribution in [3.8, 4) is 0 Å². The van der Waals surface area contributed by atoms with Crippen LogP contribution in [0.4, 0.5) is 0 Å². The zero-order valence-electron chi connectivity index (χ0n) is 14.2. The first-order chi connectivity index (χ1) is 8.97. The highest BCUT2D eigenvalue weighted by atomic mass is 14.5. The van der Waals surface area contributed by atoms with Crippen molar-refractivity contribution in [1.82, 2.24) is 0 Å². The number of rotatable bonds is 3. The van der Waals surface area contributed by atoms with Gasteiger partial charge in [0.15, 0.2) is 0 Å². The Kier molecular flexibility index (Phi) is 5.01. The van der Waals surface area contributed by atoms with E-state index in [1.54, 1.807) is 0 Å². The maximum absolute atomic E-state index is 2.56. The molecule has 8 atom stereocenters. The van der Waals surface area contributed by atoms with E-state index in [9.17, 15) is 0 Å². The molecule has 2 aliphatic rings. The fraction of sp³-hybridized carbons (Fsp3) is 1.00. The third kappa shape index (κ3) is 2.88. The number of hydrogen-bond donors (Lipinski definition) is 0. The van der Waals surface area contributed by atoms with Crippen LogP contribution in [0.5, 0.6) is 0 Å². The minimum atomic E-state index is 0.934. The van der Waals surface area contributed by atoms with Crippen LogP contribution in [0.15, 0.2) is 0 Å². The van der Waals surface area contributed by atoms with Gasteiger partial charge in [0.05, 0.1) is 0 Å². The monoisotopic (exact) mass is 264 g/mol. The van der Waals surface area contributed by atoms with Crippen molar-refractivity contribution in [3.05, 3.63) is 0 Å². The SMILES string of the molecule is CCCC(C)C1CCC(C)C2C(C)C(C)C(C)CC12. The topological polar surface area (TPSA) is 0 Å². The van der Waals surface area contributed by atoms with Crippen LogP contribution in [0.2, 0.25) is 0 Å². The standard InChI is InChI=1S/C19H36/c1-7-8-12(2)17-10-9-13(3)19-16(6)15(5)14(4)11-18(17)19/h12-19H,7-11H2,1-6H3. The minimum absolute atomic E-state index is 0.934. The van der Waals surface area contributed by atoms with E-state index in [4.69, 9.17) is 0 Å². The van der Waals surface area contributed by atoms with E-state index in [0.29, 0.717) is 0 Å². The molecule has 2 aliphatic carbocycles. The van der Waals surface area contributed by atoms with Crippen molar-refractivity contribution < 1.29 is 0 Å². The lowest BCUT2D eigenvalue weighted by Crippen LogP contribution is -2.47. The molecular formula is C19H36. The molecule has 0 aromatic rings. The fourth-order valence-electron chi connectivity index (χ4n) is 5.70. The average Bonchev–Trinajstić information content (AvgIpc) is 2.36. The van der Waals surface area contributed by atoms with E-state index >= 15 is 0 Å². The Morgan fingerprint density at radius 3 is 2.26 bits per heavy atom. The molecule has 0 bridgehead atoms. The van der Waals surface area contributed by atoms with E-state index in [1.807, 2.05) is 0 Å². The molecule has 0 radical (unpaired) electrons. The highest BCUT2D eigenvalue weighted by Crippen LogP contribution is 2.54. The molecule has 0 aromatic carbocycles. The Hall–Kier alpha value is 0. The normalized spacial score (nSPS) is 48.6. The molecule has 0 heterocycles. The second kappa shape index (κ2) is 6.19. The van der Waals surface area contributed by atoms with Crippen molar-refractivity contribution in [3.63, 3.8) is 0 Å². The molecule has 0 aliphatic heterocycles. The Morgan fingerprint density at radius 2 is 1.63 bits per heavy atom. The summed E-state index contributed by atoms with van der Waals surface area (Å²) in [4.78, 5) is 0. The van der Waals surface area contributed by atoms with E-state index in [0.717, 1.165) is 47.3 Å². The van der Waals surface area contributed by atoms with Gasteiger partial charge in [-0.25, -0.2) is 0 Å². The van der Waals surface area contributed by atoms with Crippen molar-refractivity contribution in [1.29, 1.82) is 0 Å². The second-order valence-electron chi connectivity index (χ2n) is 8.16. The molecule has 19 heavy (non-hydrogen) atoms. The lowest BCUT2D eigenvalue weighted by molar-refractivity contribution is -0.0475. The maximum atomic E-state index is 2.56. The fourth-order valence-corrected chi connectivity index (χ4v) is 5.70. The largest absolute Gasteiger partial charge is 0.0654 e. The van der Waals surface area contributed by atoms with E-state index in [-0.39, 0.29) is 0 Å². The molecule has 112 valence electrons. The molecule has 8 unspecified atom stereocenters. The van der Waals surface area contributed by atoms with Crippen molar-refractivity contribution >= 4 is 0 Å². The van der Waals surface area contributed by atoms with Crippen molar-refractivity contribution in [2.24, 2.45) is 47.3 Å². The van der Waals surface area contributed by atoms with Gasteiger partial charge < -0.3 is 0 Å². The third-order valence-corrected chi connectivity index (χ3v) is 7.11. The van der Waals surface area contributed by atoms with E-state index in [2.05, 4.69) is 41.5 Å². The van der Waals surface area contributed by atoms with Gasteiger partial charge in [0.2, 0.25) is 0 Å². The van der Waals surface area contributed by atoms with Crippen LogP contribution in [-0.4, -0.2) is 0 Å². The molecule has 0 amide bonds. The summed E-state index contributed by atoms with van der Waals surface area (Å²) in [6.07, 6.45) is 7.33. The van der Waals surface area contributed by atoms with Gasteiger partial charge in [0.25, 0.3) is 0 Å². The molecule has 2 fully saturated rings. The summed E-state index contributed by atoms with van der Waals surface area (Å²) in [7, 11) is 0. The third-order valence-electron chi connectivity index (χ3n) is 7.11. The van der Waals surface area contributed by atoms with Crippen LogP contribution in [0.1, 0.15) is 73.6 Å². The smallest absolute Gasteiger partial charge is 0.0329 e. The van der Waals surface area contributed by atoms with Gasteiger partial charge in [-0.2, -0.15) is 0 Å². The summed E-state index contributed by atoms with van der Waals surface area (Å²) in [5.41, 5.74) is 0. The van der Waals surface area contributed by atoms with Gasteiger partial charge in [0, 0.05) is 0 Å². The maximum Gasteiger partial charge on any atom is -0.0329 e. The van der Waals surface area contributed by atoms with Crippen LogP contribution < -0.4 is 0 Å². The number of fused-ring (bicyclic) bond motifs is 1. The van der Waals surface area contributed by atoms with Crippen molar-refractivity contribution in [2.45, 2.75) is 73.6 Å². The van der Waals surface area contributed by atoms with Crippen LogP contribution in [-0.2, 0) is 0 Å². The molecule has 0 N–H and O–H groups in total. The van der Waals surface area contributed by atoms with E-state index < -0.39 is 0 Å². The lowest BCUT2D eigenvalue weighted by Gasteiger charge is -2.54. The Morgan fingerprint density at radius 1 is 0.947 bits per heavy atom. The van der Waals surface area contributed by atoms with Crippen LogP contribution >= 0.6 is 0 Å². The Bertz CT molecular complexity index is 282. The van der Waals surface area contributed by atoms with Gasteiger partial charge >= 0.3 is 0 Å². The molecular weight excluding hydrogens is 228 g/mol. The Labute approximate surface area is 121 Å². The molecule has 0 heteroatoms. The molecule has 0 nitrogen and oxygen atoms in total. The van der Waals surface area contributed by atoms with Gasteiger partial charge in [-0.1, -0.05) is 60.8 Å². The van der Waals surface area contributed by atoms with Gasteiger partial charge in [-0.05, 0) is 60.2 Å². The summed E-state index contributed by atoms with van der Waals surface area (Å²) in [6.45, 7) is 15.0. The van der Waals surface area contributed by atoms with Gasteiger partial charge in [-0.3, -0.25) is 0 Å². The number of hydrogen-bond acceptors (Lipinski definition) is 0. The predicted molar refractivity (Wildman–Crippen MR) is 85.0 cm³/mol. The molecule has 2 saturated carbocycles.